The fourth-order valence-electron chi connectivity index (χ4n) is 2.99. The summed E-state index contributed by atoms with van der Waals surface area (Å²) in [4.78, 5) is 11.9. The molecule has 90 valence electrons. The van der Waals surface area contributed by atoms with E-state index in [9.17, 15) is 9.00 Å². The van der Waals surface area contributed by atoms with Crippen molar-refractivity contribution in [3.8, 4) is 0 Å². The SMILES string of the molecule is O=C(N[C@@H]1CC[S@](=O)C1)[C@H]1C[C@H]1C1CCC1. The molecule has 0 aromatic carbocycles. The largest absolute Gasteiger partial charge is 0.352 e. The highest BCUT2D eigenvalue weighted by Gasteiger charge is 2.49. The molecule has 3 nitrogen and oxygen atoms in total. The highest BCUT2D eigenvalue weighted by atomic mass is 32.2. The molecule has 0 bridgehead atoms. The molecule has 0 spiro atoms. The van der Waals surface area contributed by atoms with Gasteiger partial charge in [-0.3, -0.25) is 9.00 Å². The number of nitrogens with one attached hydrogen (secondary N) is 1. The molecule has 1 aliphatic heterocycles. The molecule has 1 saturated heterocycles. The van der Waals surface area contributed by atoms with Crippen LogP contribution >= 0.6 is 0 Å². The average Bonchev–Trinajstić information content (AvgIpc) is 2.82. The van der Waals surface area contributed by atoms with Gasteiger partial charge in [0, 0.05) is 34.3 Å². The number of carbonyl (C=O) groups is 1. The Morgan fingerprint density at radius 2 is 2.06 bits per heavy atom. The van der Waals surface area contributed by atoms with E-state index in [1.165, 1.54) is 19.3 Å². The minimum Gasteiger partial charge on any atom is -0.352 e. The normalized spacial score (nSPS) is 42.8. The van der Waals surface area contributed by atoms with E-state index in [1.54, 1.807) is 0 Å². The van der Waals surface area contributed by atoms with Gasteiger partial charge < -0.3 is 5.32 Å². The van der Waals surface area contributed by atoms with Gasteiger partial charge in [-0.1, -0.05) is 19.3 Å². The van der Waals surface area contributed by atoms with E-state index in [-0.39, 0.29) is 11.9 Å². The first-order chi connectivity index (χ1) is 7.74. The summed E-state index contributed by atoms with van der Waals surface area (Å²) in [5.41, 5.74) is 0. The summed E-state index contributed by atoms with van der Waals surface area (Å²) in [6, 6.07) is 0.191. The molecule has 0 unspecified atom stereocenters. The molecule has 3 rings (SSSR count). The zero-order valence-electron chi connectivity index (χ0n) is 9.48. The zero-order valence-corrected chi connectivity index (χ0v) is 10.3. The summed E-state index contributed by atoms with van der Waals surface area (Å²) in [6.07, 6.45) is 6.03. The van der Waals surface area contributed by atoms with Crippen molar-refractivity contribution in [1.82, 2.24) is 5.32 Å². The maximum absolute atomic E-state index is 11.9. The molecule has 4 heteroatoms. The topological polar surface area (TPSA) is 46.2 Å². The first-order valence-corrected chi connectivity index (χ1v) is 7.88. The van der Waals surface area contributed by atoms with Crippen LogP contribution in [0.1, 0.15) is 32.1 Å². The lowest BCUT2D eigenvalue weighted by Gasteiger charge is -2.25. The third-order valence-corrected chi connectivity index (χ3v) is 5.82. The van der Waals surface area contributed by atoms with Gasteiger partial charge >= 0.3 is 0 Å². The Morgan fingerprint density at radius 1 is 1.25 bits per heavy atom. The number of amides is 1. The van der Waals surface area contributed by atoms with E-state index < -0.39 is 10.8 Å². The summed E-state index contributed by atoms with van der Waals surface area (Å²) < 4.78 is 11.2. The quantitative estimate of drug-likeness (QED) is 0.803. The highest BCUT2D eigenvalue weighted by Crippen LogP contribution is 2.51. The fourth-order valence-corrected chi connectivity index (χ4v) is 4.40. The second-order valence-electron chi connectivity index (χ2n) is 5.50. The van der Waals surface area contributed by atoms with Crippen LogP contribution in [0.25, 0.3) is 0 Å². The zero-order chi connectivity index (χ0) is 11.1. The Hall–Kier alpha value is -0.380. The first kappa shape index (κ1) is 10.8. The molecule has 0 radical (unpaired) electrons. The molecule has 0 aromatic heterocycles. The third-order valence-electron chi connectivity index (χ3n) is 4.36. The minimum atomic E-state index is -0.685. The van der Waals surface area contributed by atoms with E-state index >= 15 is 0 Å². The van der Waals surface area contributed by atoms with Crippen LogP contribution < -0.4 is 5.32 Å². The average molecular weight is 241 g/mol. The van der Waals surface area contributed by atoms with Crippen LogP contribution in [-0.2, 0) is 15.6 Å². The number of hydrogen-bond donors (Lipinski definition) is 1. The fraction of sp³-hybridized carbons (Fsp3) is 0.917. The van der Waals surface area contributed by atoms with Crippen molar-refractivity contribution in [3.63, 3.8) is 0 Å². The van der Waals surface area contributed by atoms with Crippen LogP contribution in [0.4, 0.5) is 0 Å². The van der Waals surface area contributed by atoms with Crippen LogP contribution in [0.15, 0.2) is 0 Å². The van der Waals surface area contributed by atoms with Crippen LogP contribution in [0.3, 0.4) is 0 Å². The van der Waals surface area contributed by atoms with Gasteiger partial charge in [-0.2, -0.15) is 0 Å². The summed E-state index contributed by atoms with van der Waals surface area (Å²) in [5.74, 6) is 3.49. The van der Waals surface area contributed by atoms with Crippen LogP contribution in [0, 0.1) is 17.8 Å². The molecule has 16 heavy (non-hydrogen) atoms. The van der Waals surface area contributed by atoms with Crippen molar-refractivity contribution < 1.29 is 9.00 Å². The van der Waals surface area contributed by atoms with Crippen molar-refractivity contribution in [2.75, 3.05) is 11.5 Å². The van der Waals surface area contributed by atoms with E-state index in [0.717, 1.165) is 24.5 Å². The van der Waals surface area contributed by atoms with Gasteiger partial charge in [-0.25, -0.2) is 0 Å². The molecule has 1 N–H and O–H groups in total. The number of rotatable bonds is 3. The summed E-state index contributed by atoms with van der Waals surface area (Å²) in [5, 5.41) is 3.07. The second-order valence-corrected chi connectivity index (χ2v) is 7.12. The molecule has 3 aliphatic rings. The molecular formula is C12H19NO2S. The third kappa shape index (κ3) is 2.04. The van der Waals surface area contributed by atoms with E-state index in [0.29, 0.717) is 17.6 Å². The van der Waals surface area contributed by atoms with Crippen molar-refractivity contribution in [2.24, 2.45) is 17.8 Å². The predicted molar refractivity (Wildman–Crippen MR) is 63.4 cm³/mol. The lowest BCUT2D eigenvalue weighted by molar-refractivity contribution is -0.123. The smallest absolute Gasteiger partial charge is 0.223 e. The van der Waals surface area contributed by atoms with Crippen LogP contribution in [0.5, 0.6) is 0 Å². The van der Waals surface area contributed by atoms with Gasteiger partial charge in [-0.05, 0) is 24.7 Å². The molecule has 4 atom stereocenters. The van der Waals surface area contributed by atoms with Crippen LogP contribution in [-0.4, -0.2) is 27.7 Å². The Labute approximate surface area is 98.8 Å². The van der Waals surface area contributed by atoms with E-state index in [2.05, 4.69) is 5.32 Å². The maximum atomic E-state index is 11.9. The first-order valence-electron chi connectivity index (χ1n) is 6.39. The molecule has 3 fully saturated rings. The molecule has 2 aliphatic carbocycles. The number of carbonyl (C=O) groups excluding carboxylic acids is 1. The minimum absolute atomic E-state index is 0.191. The molecule has 1 heterocycles. The monoisotopic (exact) mass is 241 g/mol. The second kappa shape index (κ2) is 4.13. The molecule has 2 saturated carbocycles. The van der Waals surface area contributed by atoms with Crippen molar-refractivity contribution in [1.29, 1.82) is 0 Å². The lowest BCUT2D eigenvalue weighted by Crippen LogP contribution is -2.37. The van der Waals surface area contributed by atoms with Gasteiger partial charge in [-0.15, -0.1) is 0 Å². The lowest BCUT2D eigenvalue weighted by atomic mass is 9.81. The standard InChI is InChI=1S/C12H19NO2S/c14-12(13-9-4-5-16(15)7-9)11-6-10(11)8-2-1-3-8/h8-11H,1-7H2,(H,13,14)/t9-,10+,11+,16+/m1/s1. The van der Waals surface area contributed by atoms with Gasteiger partial charge in [0.15, 0.2) is 0 Å². The Bertz CT molecular complexity index is 327. The van der Waals surface area contributed by atoms with Gasteiger partial charge in [0.1, 0.15) is 0 Å². The Morgan fingerprint density at radius 3 is 2.62 bits per heavy atom. The van der Waals surface area contributed by atoms with Gasteiger partial charge in [0.05, 0.1) is 0 Å². The van der Waals surface area contributed by atoms with Crippen molar-refractivity contribution >= 4 is 16.7 Å². The summed E-state index contributed by atoms with van der Waals surface area (Å²) in [6.45, 7) is 0. The van der Waals surface area contributed by atoms with Crippen molar-refractivity contribution in [3.05, 3.63) is 0 Å². The Balaban J connectivity index is 1.46. The number of hydrogen-bond acceptors (Lipinski definition) is 2. The van der Waals surface area contributed by atoms with Gasteiger partial charge in [0.25, 0.3) is 0 Å². The molecule has 1 amide bonds. The van der Waals surface area contributed by atoms with E-state index in [4.69, 9.17) is 0 Å². The van der Waals surface area contributed by atoms with Crippen molar-refractivity contribution in [2.45, 2.75) is 38.1 Å². The molecule has 0 aromatic rings. The maximum Gasteiger partial charge on any atom is 0.223 e. The summed E-state index contributed by atoms with van der Waals surface area (Å²) in [7, 11) is -0.685. The Kier molecular flexibility index (Phi) is 2.78. The van der Waals surface area contributed by atoms with Gasteiger partial charge in [0.2, 0.25) is 5.91 Å². The van der Waals surface area contributed by atoms with E-state index in [1.807, 2.05) is 0 Å². The molecular weight excluding hydrogens is 222 g/mol. The summed E-state index contributed by atoms with van der Waals surface area (Å²) >= 11 is 0. The predicted octanol–water partition coefficient (Wildman–Crippen LogP) is 1.06. The highest BCUT2D eigenvalue weighted by molar-refractivity contribution is 7.85. The van der Waals surface area contributed by atoms with Crippen LogP contribution in [0.2, 0.25) is 0 Å².